The lowest BCUT2D eigenvalue weighted by Crippen LogP contribution is -2.07. The van der Waals surface area contributed by atoms with Crippen molar-refractivity contribution in [2.45, 2.75) is 19.5 Å². The van der Waals surface area contributed by atoms with Crippen LogP contribution in [-0.4, -0.2) is 5.16 Å². The third-order valence-corrected chi connectivity index (χ3v) is 2.65. The first-order valence-corrected chi connectivity index (χ1v) is 5.35. The van der Waals surface area contributed by atoms with E-state index in [1.54, 1.807) is 6.92 Å². The average Bonchev–Trinajstić information content (AvgIpc) is 2.69. The maximum atomic E-state index is 12.9. The Kier molecular flexibility index (Phi) is 3.02. The molecule has 96 valence electrons. The topological polar surface area (TPSA) is 52.0 Å². The van der Waals surface area contributed by atoms with E-state index in [9.17, 15) is 13.2 Å². The molecule has 0 amide bonds. The molecule has 0 aliphatic carbocycles. The van der Waals surface area contributed by atoms with Gasteiger partial charge in [0.05, 0.1) is 5.56 Å². The second-order valence-corrected chi connectivity index (χ2v) is 3.77. The molecule has 0 radical (unpaired) electrons. The van der Waals surface area contributed by atoms with Crippen LogP contribution in [0.4, 0.5) is 19.0 Å². The summed E-state index contributed by atoms with van der Waals surface area (Å²) < 4.78 is 43.6. The summed E-state index contributed by atoms with van der Waals surface area (Å²) >= 11 is 0. The minimum absolute atomic E-state index is 0.0361. The largest absolute Gasteiger partial charge is 0.417 e. The number of alkyl halides is 3. The number of nitrogen functional groups attached to an aromatic ring is 1. The van der Waals surface area contributed by atoms with Gasteiger partial charge in [0.2, 0.25) is 0 Å². The van der Waals surface area contributed by atoms with Gasteiger partial charge in [-0.15, -0.1) is 0 Å². The lowest BCUT2D eigenvalue weighted by atomic mass is 10.0. The van der Waals surface area contributed by atoms with E-state index >= 15 is 0 Å². The van der Waals surface area contributed by atoms with E-state index in [-0.39, 0.29) is 17.1 Å². The van der Waals surface area contributed by atoms with Crippen LogP contribution in [0, 0.1) is 0 Å². The van der Waals surface area contributed by atoms with Crippen molar-refractivity contribution in [2.24, 2.45) is 0 Å². The minimum atomic E-state index is -4.44. The number of nitrogens with zero attached hydrogens (tertiary/aromatic N) is 1. The predicted octanol–water partition coefficient (Wildman–Crippen LogP) is 3.51. The standard InChI is InChI=1S/C12H11F3N2O/c1-2-7-10(18-17-11(7)16)8-5-3-4-6-9(8)12(13,14)15/h3-6H,2H2,1H3,(H2,16,17). The number of aromatic nitrogens is 1. The highest BCUT2D eigenvalue weighted by atomic mass is 19.4. The fraction of sp³-hybridized carbons (Fsp3) is 0.250. The highest BCUT2D eigenvalue weighted by molar-refractivity contribution is 5.69. The molecule has 1 aromatic heterocycles. The van der Waals surface area contributed by atoms with E-state index in [1.807, 2.05) is 0 Å². The molecule has 2 rings (SSSR count). The molecule has 0 fully saturated rings. The molecule has 3 nitrogen and oxygen atoms in total. The number of benzene rings is 1. The average molecular weight is 256 g/mol. The normalized spacial score (nSPS) is 11.8. The van der Waals surface area contributed by atoms with E-state index in [2.05, 4.69) is 5.16 Å². The Morgan fingerprint density at radius 1 is 1.28 bits per heavy atom. The van der Waals surface area contributed by atoms with E-state index in [0.717, 1.165) is 6.07 Å². The molecule has 0 atom stereocenters. The molecule has 1 aromatic carbocycles. The monoisotopic (exact) mass is 256 g/mol. The van der Waals surface area contributed by atoms with Crippen LogP contribution >= 0.6 is 0 Å². The van der Waals surface area contributed by atoms with Crippen molar-refractivity contribution < 1.29 is 17.7 Å². The van der Waals surface area contributed by atoms with Gasteiger partial charge in [-0.2, -0.15) is 13.2 Å². The summed E-state index contributed by atoms with van der Waals surface area (Å²) in [6.45, 7) is 1.78. The van der Waals surface area contributed by atoms with E-state index in [0.29, 0.717) is 12.0 Å². The van der Waals surface area contributed by atoms with Crippen LogP contribution in [0.25, 0.3) is 11.3 Å². The summed E-state index contributed by atoms with van der Waals surface area (Å²) in [6, 6.07) is 5.20. The molecule has 2 aromatic rings. The van der Waals surface area contributed by atoms with Crippen molar-refractivity contribution in [2.75, 3.05) is 5.73 Å². The fourth-order valence-corrected chi connectivity index (χ4v) is 1.80. The van der Waals surface area contributed by atoms with Gasteiger partial charge in [-0.05, 0) is 12.5 Å². The van der Waals surface area contributed by atoms with Crippen molar-refractivity contribution in [1.29, 1.82) is 0 Å². The Balaban J connectivity index is 2.64. The number of rotatable bonds is 2. The van der Waals surface area contributed by atoms with Crippen LogP contribution in [0.2, 0.25) is 0 Å². The van der Waals surface area contributed by atoms with Crippen molar-refractivity contribution in [3.8, 4) is 11.3 Å². The number of halogens is 3. The Hall–Kier alpha value is -1.98. The van der Waals surface area contributed by atoms with E-state index in [4.69, 9.17) is 10.3 Å². The number of anilines is 1. The third-order valence-electron chi connectivity index (χ3n) is 2.65. The highest BCUT2D eigenvalue weighted by Crippen LogP contribution is 2.39. The zero-order valence-corrected chi connectivity index (χ0v) is 9.58. The first-order valence-electron chi connectivity index (χ1n) is 5.35. The minimum Gasteiger partial charge on any atom is -0.381 e. The summed E-state index contributed by atoms with van der Waals surface area (Å²) in [6.07, 6.45) is -3.99. The summed E-state index contributed by atoms with van der Waals surface area (Å²) in [7, 11) is 0. The molecule has 18 heavy (non-hydrogen) atoms. The molecular formula is C12H11F3N2O. The summed E-state index contributed by atoms with van der Waals surface area (Å²) in [4.78, 5) is 0. The zero-order valence-electron chi connectivity index (χ0n) is 9.58. The molecule has 0 bridgehead atoms. The highest BCUT2D eigenvalue weighted by Gasteiger charge is 2.35. The van der Waals surface area contributed by atoms with Crippen molar-refractivity contribution in [1.82, 2.24) is 5.16 Å². The Labute approximate surface area is 101 Å². The summed E-state index contributed by atoms with van der Waals surface area (Å²) in [5.41, 5.74) is 5.26. The van der Waals surface area contributed by atoms with Crippen molar-refractivity contribution in [3.05, 3.63) is 35.4 Å². The van der Waals surface area contributed by atoms with Crippen molar-refractivity contribution in [3.63, 3.8) is 0 Å². The summed E-state index contributed by atoms with van der Waals surface area (Å²) in [5.74, 6) is 0.215. The van der Waals surface area contributed by atoms with E-state index < -0.39 is 11.7 Å². The quantitative estimate of drug-likeness (QED) is 0.894. The van der Waals surface area contributed by atoms with Crippen molar-refractivity contribution >= 4 is 5.82 Å². The van der Waals surface area contributed by atoms with Gasteiger partial charge in [0, 0.05) is 11.1 Å². The second-order valence-electron chi connectivity index (χ2n) is 3.77. The van der Waals surface area contributed by atoms with Gasteiger partial charge in [-0.1, -0.05) is 30.3 Å². The van der Waals surface area contributed by atoms with Gasteiger partial charge in [0.15, 0.2) is 11.6 Å². The smallest absolute Gasteiger partial charge is 0.381 e. The van der Waals surface area contributed by atoms with Gasteiger partial charge in [-0.25, -0.2) is 0 Å². The predicted molar refractivity (Wildman–Crippen MR) is 60.7 cm³/mol. The van der Waals surface area contributed by atoms with Gasteiger partial charge in [0.1, 0.15) is 0 Å². The van der Waals surface area contributed by atoms with Crippen LogP contribution in [-0.2, 0) is 12.6 Å². The SMILES string of the molecule is CCc1c(N)noc1-c1ccccc1C(F)(F)F. The molecule has 6 heteroatoms. The maximum absolute atomic E-state index is 12.9. The van der Waals surface area contributed by atoms with Crippen LogP contribution in [0.1, 0.15) is 18.1 Å². The van der Waals surface area contributed by atoms with Crippen LogP contribution in [0.3, 0.4) is 0 Å². The number of nitrogens with two attached hydrogens (primary N) is 1. The Bertz CT molecular complexity index is 561. The van der Waals surface area contributed by atoms with Gasteiger partial charge >= 0.3 is 6.18 Å². The first kappa shape index (κ1) is 12.5. The lowest BCUT2D eigenvalue weighted by molar-refractivity contribution is -0.137. The van der Waals surface area contributed by atoms with Crippen LogP contribution in [0.5, 0.6) is 0 Å². The second kappa shape index (κ2) is 4.36. The zero-order chi connectivity index (χ0) is 13.3. The number of hydrogen-bond donors (Lipinski definition) is 1. The molecule has 0 unspecified atom stereocenters. The molecule has 0 spiro atoms. The molecule has 0 aliphatic heterocycles. The molecule has 1 heterocycles. The van der Waals surface area contributed by atoms with Crippen LogP contribution < -0.4 is 5.73 Å². The molecule has 0 aliphatic rings. The molecule has 0 saturated carbocycles. The molecule has 0 saturated heterocycles. The Morgan fingerprint density at radius 3 is 2.56 bits per heavy atom. The van der Waals surface area contributed by atoms with Gasteiger partial charge in [-0.3, -0.25) is 0 Å². The van der Waals surface area contributed by atoms with Gasteiger partial charge in [0.25, 0.3) is 0 Å². The maximum Gasteiger partial charge on any atom is 0.417 e. The van der Waals surface area contributed by atoms with E-state index in [1.165, 1.54) is 18.2 Å². The molecular weight excluding hydrogens is 245 g/mol. The fourth-order valence-electron chi connectivity index (χ4n) is 1.80. The Morgan fingerprint density at radius 2 is 1.94 bits per heavy atom. The summed E-state index contributed by atoms with van der Waals surface area (Å²) in [5, 5.41) is 3.52. The van der Waals surface area contributed by atoms with Gasteiger partial charge < -0.3 is 10.3 Å². The molecule has 2 N–H and O–H groups in total. The lowest BCUT2D eigenvalue weighted by Gasteiger charge is -2.11. The first-order chi connectivity index (χ1) is 8.45. The number of hydrogen-bond acceptors (Lipinski definition) is 3. The van der Waals surface area contributed by atoms with Crippen LogP contribution in [0.15, 0.2) is 28.8 Å². The third kappa shape index (κ3) is 2.05.